The zero-order valence-electron chi connectivity index (χ0n) is 11.7. The van der Waals surface area contributed by atoms with E-state index in [1.54, 1.807) is 11.3 Å². The minimum absolute atomic E-state index is 0.928. The molecule has 1 aliphatic heterocycles. The van der Waals surface area contributed by atoms with Crippen LogP contribution in [0.3, 0.4) is 0 Å². The molecule has 3 aromatic rings. The number of hydrogen-bond donors (Lipinski definition) is 1. The molecule has 0 saturated carbocycles. The van der Waals surface area contributed by atoms with Crippen LogP contribution in [0.4, 0.5) is 11.4 Å². The van der Waals surface area contributed by atoms with Crippen LogP contribution in [0.5, 0.6) is 0 Å². The van der Waals surface area contributed by atoms with Crippen molar-refractivity contribution in [2.45, 2.75) is 0 Å². The Labute approximate surface area is 131 Å². The van der Waals surface area contributed by atoms with Gasteiger partial charge >= 0.3 is 0 Å². The number of nitrogens with zero attached hydrogens (tertiary/aromatic N) is 2. The van der Waals surface area contributed by atoms with E-state index < -0.39 is 0 Å². The van der Waals surface area contributed by atoms with Gasteiger partial charge in [0, 0.05) is 30.1 Å². The topological polar surface area (TPSA) is 31.4 Å². The van der Waals surface area contributed by atoms with Crippen LogP contribution < -0.4 is 4.90 Å². The Morgan fingerprint density at radius 1 is 1.29 bits per heavy atom. The van der Waals surface area contributed by atoms with E-state index in [0.717, 1.165) is 23.0 Å². The zero-order chi connectivity index (χ0) is 14.2. The maximum atomic E-state index is 4.56. The van der Waals surface area contributed by atoms with E-state index in [0.29, 0.717) is 0 Å². The van der Waals surface area contributed by atoms with E-state index in [1.165, 1.54) is 22.3 Å². The number of aromatic nitrogens is 1. The van der Waals surface area contributed by atoms with Gasteiger partial charge in [-0.05, 0) is 23.6 Å². The molecule has 0 fully saturated rings. The first-order valence-corrected chi connectivity index (χ1v) is 8.81. The number of aromatic amines is 1. The number of H-pyrrole nitrogens is 1. The zero-order valence-corrected chi connectivity index (χ0v) is 13.3. The molecule has 0 radical (unpaired) electrons. The summed E-state index contributed by atoms with van der Waals surface area (Å²) in [5.74, 6) is 1.09. The summed E-state index contributed by atoms with van der Waals surface area (Å²) in [7, 11) is 2.11. The number of thioether (sulfide) groups is 1. The molecule has 0 aliphatic carbocycles. The van der Waals surface area contributed by atoms with E-state index in [4.69, 9.17) is 0 Å². The highest BCUT2D eigenvalue weighted by Gasteiger charge is 2.15. The van der Waals surface area contributed by atoms with Crippen molar-refractivity contribution in [3.05, 3.63) is 46.8 Å². The smallest absolute Gasteiger partial charge is 0.114 e. The molecule has 1 aromatic carbocycles. The average molecular weight is 313 g/mol. The lowest BCUT2D eigenvalue weighted by atomic mass is 10.2. The molecule has 0 amide bonds. The summed E-state index contributed by atoms with van der Waals surface area (Å²) in [6, 6.07) is 10.8. The van der Waals surface area contributed by atoms with Crippen molar-refractivity contribution in [3.8, 4) is 0 Å². The largest absolute Gasteiger partial charge is 0.351 e. The van der Waals surface area contributed by atoms with Gasteiger partial charge < -0.3 is 9.88 Å². The summed E-state index contributed by atoms with van der Waals surface area (Å²) in [4.78, 5) is 10.3. The van der Waals surface area contributed by atoms with Crippen LogP contribution in [0.2, 0.25) is 0 Å². The van der Waals surface area contributed by atoms with Crippen molar-refractivity contribution >= 4 is 50.4 Å². The van der Waals surface area contributed by atoms with Crippen LogP contribution in [0, 0.1) is 0 Å². The number of aliphatic imine (C=N–C) groups is 1. The Hall–Kier alpha value is -1.72. The molecule has 0 spiro atoms. The lowest BCUT2D eigenvalue weighted by Crippen LogP contribution is -2.08. The van der Waals surface area contributed by atoms with Gasteiger partial charge in [-0.15, -0.1) is 11.8 Å². The Morgan fingerprint density at radius 2 is 2.24 bits per heavy atom. The predicted molar refractivity (Wildman–Crippen MR) is 94.5 cm³/mol. The minimum Gasteiger partial charge on any atom is -0.351 e. The monoisotopic (exact) mass is 313 g/mol. The normalized spacial score (nSPS) is 14.6. The second-order valence-corrected chi connectivity index (χ2v) is 6.86. The second kappa shape index (κ2) is 5.24. The molecular formula is C16H15N3S2. The maximum absolute atomic E-state index is 4.56. The molecule has 4 rings (SSSR count). The van der Waals surface area contributed by atoms with Gasteiger partial charge in [0.15, 0.2) is 0 Å². The first-order valence-electron chi connectivity index (χ1n) is 6.88. The van der Waals surface area contributed by atoms with Gasteiger partial charge in [0.05, 0.1) is 22.6 Å². The molecule has 0 saturated heterocycles. The van der Waals surface area contributed by atoms with Gasteiger partial charge in [0.2, 0.25) is 0 Å². The molecule has 1 aliphatic rings. The van der Waals surface area contributed by atoms with Gasteiger partial charge in [-0.25, -0.2) is 0 Å². The third-order valence-electron chi connectivity index (χ3n) is 3.70. The molecule has 2 aromatic heterocycles. The highest BCUT2D eigenvalue weighted by molar-refractivity contribution is 8.14. The maximum Gasteiger partial charge on any atom is 0.114 e. The lowest BCUT2D eigenvalue weighted by Gasteiger charge is -2.18. The van der Waals surface area contributed by atoms with Crippen LogP contribution >= 0.6 is 23.1 Å². The van der Waals surface area contributed by atoms with Gasteiger partial charge in [0.1, 0.15) is 5.04 Å². The summed E-state index contributed by atoms with van der Waals surface area (Å²) in [5.41, 5.74) is 4.73. The Balaban J connectivity index is 1.82. The van der Waals surface area contributed by atoms with Gasteiger partial charge in [0.25, 0.3) is 0 Å². The van der Waals surface area contributed by atoms with E-state index in [1.807, 2.05) is 11.8 Å². The number of anilines is 2. The minimum atomic E-state index is 0.928. The molecule has 5 heteroatoms. The summed E-state index contributed by atoms with van der Waals surface area (Å²) in [5, 5.41) is 6.64. The molecule has 0 atom stereocenters. The van der Waals surface area contributed by atoms with Gasteiger partial charge in [-0.1, -0.05) is 12.1 Å². The van der Waals surface area contributed by atoms with Crippen LogP contribution in [-0.2, 0) is 0 Å². The van der Waals surface area contributed by atoms with Gasteiger partial charge in [-0.3, -0.25) is 4.99 Å². The average Bonchev–Trinajstić information content (AvgIpc) is 3.24. The van der Waals surface area contributed by atoms with Gasteiger partial charge in [-0.2, -0.15) is 11.3 Å². The van der Waals surface area contributed by atoms with Crippen LogP contribution in [0.25, 0.3) is 10.9 Å². The first-order chi connectivity index (χ1) is 10.3. The Kier molecular flexibility index (Phi) is 3.24. The number of hydrogen-bond acceptors (Lipinski definition) is 4. The second-order valence-electron chi connectivity index (χ2n) is 5.00. The van der Waals surface area contributed by atoms with Crippen molar-refractivity contribution in [2.75, 3.05) is 24.2 Å². The quantitative estimate of drug-likeness (QED) is 0.772. The number of fused-ring (bicyclic) bond motifs is 1. The lowest BCUT2D eigenvalue weighted by molar-refractivity contribution is 1.17. The van der Waals surface area contributed by atoms with Crippen molar-refractivity contribution < 1.29 is 0 Å². The number of para-hydroxylation sites is 1. The number of nitrogens with one attached hydrogen (secondary N) is 1. The molecule has 0 unspecified atom stereocenters. The van der Waals surface area contributed by atoms with E-state index in [-0.39, 0.29) is 0 Å². The summed E-state index contributed by atoms with van der Waals surface area (Å²) in [6.07, 6.45) is 0. The number of benzene rings is 1. The number of rotatable bonds is 3. The van der Waals surface area contributed by atoms with Crippen LogP contribution in [-0.4, -0.2) is 29.4 Å². The van der Waals surface area contributed by atoms with E-state index >= 15 is 0 Å². The third-order valence-corrected chi connectivity index (χ3v) is 5.38. The molecule has 3 nitrogen and oxygen atoms in total. The van der Waals surface area contributed by atoms with E-state index in [2.05, 4.69) is 63.0 Å². The number of thiophene rings is 1. The van der Waals surface area contributed by atoms with Crippen molar-refractivity contribution in [2.24, 2.45) is 4.99 Å². The molecular weight excluding hydrogens is 298 g/mol. The summed E-state index contributed by atoms with van der Waals surface area (Å²) >= 11 is 3.55. The Morgan fingerprint density at radius 3 is 3.00 bits per heavy atom. The van der Waals surface area contributed by atoms with Crippen molar-refractivity contribution in [1.82, 2.24) is 4.98 Å². The third kappa shape index (κ3) is 2.26. The summed E-state index contributed by atoms with van der Waals surface area (Å²) < 4.78 is 0. The fourth-order valence-electron chi connectivity index (χ4n) is 2.62. The fourth-order valence-corrected chi connectivity index (χ4v) is 4.12. The summed E-state index contributed by atoms with van der Waals surface area (Å²) in [6.45, 7) is 0.928. The van der Waals surface area contributed by atoms with E-state index in [9.17, 15) is 0 Å². The van der Waals surface area contributed by atoms with Crippen LogP contribution in [0.15, 0.2) is 46.1 Å². The van der Waals surface area contributed by atoms with Crippen molar-refractivity contribution in [1.29, 1.82) is 0 Å². The molecule has 21 heavy (non-hydrogen) atoms. The highest BCUT2D eigenvalue weighted by atomic mass is 32.2. The van der Waals surface area contributed by atoms with Crippen LogP contribution in [0.1, 0.15) is 5.69 Å². The first kappa shape index (κ1) is 13.0. The fraction of sp³-hybridized carbons (Fsp3) is 0.188. The standard InChI is InChI=1S/C16H15N3S2/c1-19(12-5-7-20-10-12)14-4-2-3-11-9-13(18-15(11)14)16-17-6-8-21-16/h2-5,7,9-10,18H,6,8H2,1H3. The van der Waals surface area contributed by atoms with Crippen molar-refractivity contribution in [3.63, 3.8) is 0 Å². The molecule has 0 bridgehead atoms. The molecule has 1 N–H and O–H groups in total. The highest BCUT2D eigenvalue weighted by Crippen LogP contribution is 2.33. The Bertz CT molecular complexity index is 802. The molecule has 106 valence electrons. The predicted octanol–water partition coefficient (Wildman–Crippen LogP) is 4.49. The SMILES string of the molecule is CN(c1ccsc1)c1cccc2cc(C3=NCCS3)[nH]c12. The molecule has 3 heterocycles.